The largest absolute Gasteiger partial charge is 0.294 e. The molecule has 2 aromatic carbocycles. The van der Waals surface area contributed by atoms with Crippen molar-refractivity contribution in [1.82, 2.24) is 9.91 Å². The summed E-state index contributed by atoms with van der Waals surface area (Å²) in [6.45, 7) is 2.18. The molecule has 1 amide bonds. The van der Waals surface area contributed by atoms with E-state index < -0.39 is 0 Å². The van der Waals surface area contributed by atoms with Gasteiger partial charge in [-0.15, -0.1) is 0 Å². The van der Waals surface area contributed by atoms with Crippen LogP contribution in [0.1, 0.15) is 42.9 Å². The van der Waals surface area contributed by atoms with Crippen LogP contribution in [0.15, 0.2) is 53.6 Å². The first-order chi connectivity index (χ1) is 13.6. The summed E-state index contributed by atoms with van der Waals surface area (Å²) in [5, 5.41) is 6.12. The van der Waals surface area contributed by atoms with Gasteiger partial charge in [-0.05, 0) is 61.3 Å². The summed E-state index contributed by atoms with van der Waals surface area (Å²) in [5.41, 5.74) is 2.37. The molecule has 0 spiro atoms. The fourth-order valence-corrected chi connectivity index (χ4v) is 3.88. The van der Waals surface area contributed by atoms with Crippen molar-refractivity contribution in [2.24, 2.45) is 5.10 Å². The van der Waals surface area contributed by atoms with E-state index in [0.29, 0.717) is 13.0 Å². The van der Waals surface area contributed by atoms with Gasteiger partial charge in [0.1, 0.15) is 11.6 Å². The zero-order valence-corrected chi connectivity index (χ0v) is 15.7. The summed E-state index contributed by atoms with van der Waals surface area (Å²) in [7, 11) is 0. The molecule has 2 heterocycles. The van der Waals surface area contributed by atoms with Crippen molar-refractivity contribution < 1.29 is 13.6 Å². The van der Waals surface area contributed by atoms with Gasteiger partial charge >= 0.3 is 0 Å². The van der Waals surface area contributed by atoms with Gasteiger partial charge in [0.05, 0.1) is 18.3 Å². The fourth-order valence-electron chi connectivity index (χ4n) is 3.88. The number of nitrogens with zero attached hydrogens (tertiary/aromatic N) is 3. The maximum absolute atomic E-state index is 13.4. The van der Waals surface area contributed by atoms with E-state index in [4.69, 9.17) is 0 Å². The lowest BCUT2D eigenvalue weighted by Gasteiger charge is -2.29. The van der Waals surface area contributed by atoms with Gasteiger partial charge in [-0.2, -0.15) is 5.10 Å². The Morgan fingerprint density at radius 3 is 2.18 bits per heavy atom. The molecule has 1 fully saturated rings. The van der Waals surface area contributed by atoms with Crippen LogP contribution in [0.5, 0.6) is 0 Å². The highest BCUT2D eigenvalue weighted by Crippen LogP contribution is 2.33. The minimum Gasteiger partial charge on any atom is -0.294 e. The van der Waals surface area contributed by atoms with Crippen LogP contribution in [-0.4, -0.2) is 41.2 Å². The molecule has 0 aromatic heterocycles. The SMILES string of the molecule is O=C(CN1CCCCC1)N1N=C(c2ccc(F)cc2)C[C@@H]1c1ccc(F)cc1. The van der Waals surface area contributed by atoms with Crippen LogP contribution in [-0.2, 0) is 4.79 Å². The molecule has 6 heteroatoms. The van der Waals surface area contributed by atoms with E-state index in [1.165, 1.54) is 35.7 Å². The van der Waals surface area contributed by atoms with E-state index in [9.17, 15) is 13.6 Å². The standard InChI is InChI=1S/C22H23F2N3O/c23-18-8-4-16(5-9-18)20-14-21(17-6-10-19(24)11-7-17)27(25-20)22(28)15-26-12-2-1-3-13-26/h4-11,21H,1-3,12-15H2/t21-/m1/s1. The van der Waals surface area contributed by atoms with E-state index in [-0.39, 0.29) is 23.6 Å². The van der Waals surface area contributed by atoms with Crippen molar-refractivity contribution in [2.75, 3.05) is 19.6 Å². The third-order valence-corrected chi connectivity index (χ3v) is 5.41. The lowest BCUT2D eigenvalue weighted by molar-refractivity contribution is -0.134. The molecule has 146 valence electrons. The average Bonchev–Trinajstić information content (AvgIpc) is 3.15. The van der Waals surface area contributed by atoms with Crippen LogP contribution in [0.4, 0.5) is 8.78 Å². The maximum Gasteiger partial charge on any atom is 0.257 e. The lowest BCUT2D eigenvalue weighted by Crippen LogP contribution is -2.40. The van der Waals surface area contributed by atoms with Gasteiger partial charge in [0.25, 0.3) is 5.91 Å². The van der Waals surface area contributed by atoms with Crippen molar-refractivity contribution in [3.63, 3.8) is 0 Å². The number of hydrazone groups is 1. The summed E-state index contributed by atoms with van der Waals surface area (Å²) in [5.74, 6) is -0.684. The molecular formula is C22H23F2N3O. The first-order valence-electron chi connectivity index (χ1n) is 9.73. The molecule has 0 saturated carbocycles. The van der Waals surface area contributed by atoms with Gasteiger partial charge in [-0.3, -0.25) is 9.69 Å². The van der Waals surface area contributed by atoms with Crippen LogP contribution in [0, 0.1) is 11.6 Å². The second-order valence-electron chi connectivity index (χ2n) is 7.40. The van der Waals surface area contributed by atoms with Gasteiger partial charge in [0.2, 0.25) is 0 Å². The summed E-state index contributed by atoms with van der Waals surface area (Å²) >= 11 is 0. The van der Waals surface area contributed by atoms with Crippen molar-refractivity contribution in [3.05, 3.63) is 71.3 Å². The molecule has 2 aliphatic heterocycles. The highest BCUT2D eigenvalue weighted by atomic mass is 19.1. The second kappa shape index (κ2) is 8.19. The number of benzene rings is 2. The quantitative estimate of drug-likeness (QED) is 0.796. The number of amides is 1. The minimum absolute atomic E-state index is 0.0617. The summed E-state index contributed by atoms with van der Waals surface area (Å²) in [6, 6.07) is 12.1. The Morgan fingerprint density at radius 1 is 0.929 bits per heavy atom. The highest BCUT2D eigenvalue weighted by Gasteiger charge is 2.33. The fraction of sp³-hybridized carbons (Fsp3) is 0.364. The molecule has 0 aliphatic carbocycles. The molecule has 4 nitrogen and oxygen atoms in total. The molecule has 2 aliphatic rings. The maximum atomic E-state index is 13.4. The normalized spacial score (nSPS) is 20.3. The predicted molar refractivity (Wildman–Crippen MR) is 104 cm³/mol. The number of carbonyl (C=O) groups is 1. The van der Waals surface area contributed by atoms with Gasteiger partial charge in [-0.25, -0.2) is 13.8 Å². The van der Waals surface area contributed by atoms with E-state index in [0.717, 1.165) is 42.8 Å². The Bertz CT molecular complexity index is 858. The summed E-state index contributed by atoms with van der Waals surface area (Å²) < 4.78 is 26.6. The van der Waals surface area contributed by atoms with E-state index >= 15 is 0 Å². The Hall–Kier alpha value is -2.60. The number of hydrogen-bond acceptors (Lipinski definition) is 3. The van der Waals surface area contributed by atoms with E-state index in [1.807, 2.05) is 0 Å². The first kappa shape index (κ1) is 18.7. The van der Waals surface area contributed by atoms with Crippen LogP contribution in [0.25, 0.3) is 0 Å². The number of rotatable bonds is 4. The van der Waals surface area contributed by atoms with E-state index in [1.54, 1.807) is 24.3 Å². The van der Waals surface area contributed by atoms with E-state index in [2.05, 4.69) is 10.0 Å². The smallest absolute Gasteiger partial charge is 0.257 e. The number of hydrogen-bond donors (Lipinski definition) is 0. The Balaban J connectivity index is 1.59. The molecule has 0 unspecified atom stereocenters. The van der Waals surface area contributed by atoms with Gasteiger partial charge in [-0.1, -0.05) is 30.7 Å². The third-order valence-electron chi connectivity index (χ3n) is 5.41. The summed E-state index contributed by atoms with van der Waals surface area (Å²) in [4.78, 5) is 15.2. The number of carbonyl (C=O) groups excluding carboxylic acids is 1. The molecule has 0 N–H and O–H groups in total. The van der Waals surface area contributed by atoms with Crippen molar-refractivity contribution >= 4 is 11.6 Å². The van der Waals surface area contributed by atoms with Gasteiger partial charge in [0.15, 0.2) is 0 Å². The lowest BCUT2D eigenvalue weighted by atomic mass is 9.98. The number of likely N-dealkylation sites (tertiary alicyclic amines) is 1. The number of piperidine rings is 1. The van der Waals surface area contributed by atoms with Crippen molar-refractivity contribution in [1.29, 1.82) is 0 Å². The van der Waals surface area contributed by atoms with Crippen LogP contribution >= 0.6 is 0 Å². The first-order valence-corrected chi connectivity index (χ1v) is 9.73. The van der Waals surface area contributed by atoms with Crippen molar-refractivity contribution in [3.8, 4) is 0 Å². The predicted octanol–water partition coefficient (Wildman–Crippen LogP) is 4.13. The second-order valence-corrected chi connectivity index (χ2v) is 7.40. The molecule has 1 atom stereocenters. The molecular weight excluding hydrogens is 360 g/mol. The highest BCUT2D eigenvalue weighted by molar-refractivity contribution is 6.03. The molecule has 4 rings (SSSR count). The summed E-state index contributed by atoms with van der Waals surface area (Å²) in [6.07, 6.45) is 3.94. The van der Waals surface area contributed by atoms with Crippen LogP contribution in [0.2, 0.25) is 0 Å². The third kappa shape index (κ3) is 4.12. The number of halogens is 2. The zero-order valence-electron chi connectivity index (χ0n) is 15.7. The van der Waals surface area contributed by atoms with Gasteiger partial charge in [0, 0.05) is 6.42 Å². The Morgan fingerprint density at radius 2 is 1.54 bits per heavy atom. The molecule has 0 radical (unpaired) electrons. The monoisotopic (exact) mass is 383 g/mol. The molecule has 28 heavy (non-hydrogen) atoms. The van der Waals surface area contributed by atoms with Crippen LogP contribution in [0.3, 0.4) is 0 Å². The van der Waals surface area contributed by atoms with Crippen molar-refractivity contribution in [2.45, 2.75) is 31.7 Å². The van der Waals surface area contributed by atoms with Crippen LogP contribution < -0.4 is 0 Å². The molecule has 2 aromatic rings. The Labute approximate surface area is 163 Å². The molecule has 1 saturated heterocycles. The Kier molecular flexibility index (Phi) is 5.48. The topological polar surface area (TPSA) is 35.9 Å². The van der Waals surface area contributed by atoms with Gasteiger partial charge < -0.3 is 0 Å². The molecule has 0 bridgehead atoms. The average molecular weight is 383 g/mol. The minimum atomic E-state index is -0.312. The zero-order chi connectivity index (χ0) is 19.5.